The summed E-state index contributed by atoms with van der Waals surface area (Å²) in [5.41, 5.74) is 0.803. The Kier molecular flexibility index (Phi) is 4.49. The van der Waals surface area contributed by atoms with Gasteiger partial charge in [-0.2, -0.15) is 0 Å². The SMILES string of the molecule is Cc1c(CC(=O)O)c2cccnc2n1S(=O)(=O)c1cccc(Cl)c1Cl. The standard InChI is InChI=1S/C16H12Cl2N2O4S/c1-9-11(8-14(21)22)10-4-3-7-19-16(10)20(9)25(23,24)13-6-2-5-12(17)15(13)18/h2-7H,8H2,1H3,(H,21,22). The van der Waals surface area contributed by atoms with Crippen LogP contribution in [0, 0.1) is 6.92 Å². The maximum atomic E-state index is 13.2. The van der Waals surface area contributed by atoms with E-state index < -0.39 is 16.0 Å². The molecule has 0 fully saturated rings. The minimum Gasteiger partial charge on any atom is -0.481 e. The fourth-order valence-electron chi connectivity index (χ4n) is 2.72. The third kappa shape index (κ3) is 2.88. The average molecular weight is 399 g/mol. The summed E-state index contributed by atoms with van der Waals surface area (Å²) in [6, 6.07) is 7.57. The van der Waals surface area contributed by atoms with Gasteiger partial charge in [0.2, 0.25) is 0 Å². The minimum atomic E-state index is -4.12. The molecule has 0 unspecified atom stereocenters. The van der Waals surface area contributed by atoms with Crippen molar-refractivity contribution in [2.45, 2.75) is 18.2 Å². The van der Waals surface area contributed by atoms with Crippen LogP contribution in [0.2, 0.25) is 10.0 Å². The molecule has 0 atom stereocenters. The molecule has 1 aromatic carbocycles. The molecule has 0 amide bonds. The monoisotopic (exact) mass is 398 g/mol. The quantitative estimate of drug-likeness (QED) is 0.725. The Labute approximate surface area is 153 Å². The van der Waals surface area contributed by atoms with Crippen molar-refractivity contribution in [2.75, 3.05) is 0 Å². The van der Waals surface area contributed by atoms with Crippen molar-refractivity contribution in [3.63, 3.8) is 0 Å². The number of aromatic nitrogens is 2. The Bertz CT molecular complexity index is 1110. The number of benzene rings is 1. The molecule has 9 heteroatoms. The zero-order valence-corrected chi connectivity index (χ0v) is 15.2. The zero-order chi connectivity index (χ0) is 18.4. The van der Waals surface area contributed by atoms with Crippen LogP contribution in [0.15, 0.2) is 41.4 Å². The van der Waals surface area contributed by atoms with Crippen LogP contribution >= 0.6 is 23.2 Å². The molecule has 3 rings (SSSR count). The number of carbonyl (C=O) groups is 1. The van der Waals surface area contributed by atoms with Crippen molar-refractivity contribution >= 4 is 50.2 Å². The second-order valence-corrected chi connectivity index (χ2v) is 7.87. The minimum absolute atomic E-state index is 0.0962. The van der Waals surface area contributed by atoms with E-state index in [-0.39, 0.29) is 32.7 Å². The molecule has 0 aliphatic heterocycles. The molecule has 3 aromatic rings. The first-order valence-corrected chi connectivity index (χ1v) is 9.31. The molecule has 25 heavy (non-hydrogen) atoms. The van der Waals surface area contributed by atoms with E-state index in [9.17, 15) is 13.2 Å². The van der Waals surface area contributed by atoms with E-state index in [2.05, 4.69) is 4.98 Å². The molecule has 0 radical (unpaired) electrons. The van der Waals surface area contributed by atoms with E-state index in [0.29, 0.717) is 10.9 Å². The molecule has 6 nitrogen and oxygen atoms in total. The number of halogens is 2. The predicted molar refractivity (Wildman–Crippen MR) is 94.9 cm³/mol. The Morgan fingerprint density at radius 2 is 1.96 bits per heavy atom. The number of carboxylic acid groups (broad SMARTS) is 1. The van der Waals surface area contributed by atoms with Crippen molar-refractivity contribution in [2.24, 2.45) is 0 Å². The number of nitrogens with zero attached hydrogens (tertiary/aromatic N) is 2. The van der Waals surface area contributed by atoms with Crippen LogP contribution in [0.5, 0.6) is 0 Å². The fourth-order valence-corrected chi connectivity index (χ4v) is 5.00. The lowest BCUT2D eigenvalue weighted by Crippen LogP contribution is -2.16. The van der Waals surface area contributed by atoms with Gasteiger partial charge in [0.15, 0.2) is 5.65 Å². The molecule has 2 heterocycles. The van der Waals surface area contributed by atoms with Crippen LogP contribution in [0.4, 0.5) is 0 Å². The smallest absolute Gasteiger partial charge is 0.307 e. The second-order valence-electron chi connectivity index (χ2n) is 5.33. The first-order chi connectivity index (χ1) is 11.7. The molecule has 0 spiro atoms. The van der Waals surface area contributed by atoms with Gasteiger partial charge in [-0.05, 0) is 36.8 Å². The maximum absolute atomic E-state index is 13.2. The van der Waals surface area contributed by atoms with E-state index >= 15 is 0 Å². The number of hydrogen-bond donors (Lipinski definition) is 1. The lowest BCUT2D eigenvalue weighted by molar-refractivity contribution is -0.136. The molecule has 0 aliphatic rings. The van der Waals surface area contributed by atoms with E-state index in [0.717, 1.165) is 3.97 Å². The van der Waals surface area contributed by atoms with Crippen molar-refractivity contribution in [3.05, 3.63) is 57.8 Å². The molecule has 0 aliphatic carbocycles. The molecule has 1 N–H and O–H groups in total. The summed E-state index contributed by atoms with van der Waals surface area (Å²) in [6.45, 7) is 1.54. The van der Waals surface area contributed by atoms with Crippen molar-refractivity contribution in [3.8, 4) is 0 Å². The highest BCUT2D eigenvalue weighted by molar-refractivity contribution is 7.90. The van der Waals surface area contributed by atoms with Gasteiger partial charge in [0.25, 0.3) is 10.0 Å². The summed E-state index contributed by atoms with van der Waals surface area (Å²) in [6.07, 6.45) is 1.12. The van der Waals surface area contributed by atoms with Crippen molar-refractivity contribution < 1.29 is 18.3 Å². The van der Waals surface area contributed by atoms with Gasteiger partial charge in [-0.1, -0.05) is 29.3 Å². The van der Waals surface area contributed by atoms with Gasteiger partial charge < -0.3 is 5.11 Å². The molecule has 0 saturated carbocycles. The van der Waals surface area contributed by atoms with Crippen LogP contribution in [0.1, 0.15) is 11.3 Å². The normalized spacial score (nSPS) is 11.8. The number of rotatable bonds is 4. The summed E-state index contributed by atoms with van der Waals surface area (Å²) in [5.74, 6) is -1.07. The van der Waals surface area contributed by atoms with Crippen LogP contribution < -0.4 is 0 Å². The summed E-state index contributed by atoms with van der Waals surface area (Å²) in [7, 11) is -4.12. The second kappa shape index (κ2) is 6.33. The summed E-state index contributed by atoms with van der Waals surface area (Å²) in [5, 5.41) is 9.62. The van der Waals surface area contributed by atoms with Gasteiger partial charge in [-0.3, -0.25) is 4.79 Å². The topological polar surface area (TPSA) is 89.3 Å². The van der Waals surface area contributed by atoms with Crippen molar-refractivity contribution in [1.29, 1.82) is 0 Å². The Hall–Kier alpha value is -2.09. The van der Waals surface area contributed by atoms with Gasteiger partial charge in [-0.15, -0.1) is 0 Å². The third-order valence-corrected chi connectivity index (χ3v) is 6.56. The Balaban J connectivity index is 2.37. The van der Waals surface area contributed by atoms with E-state index in [1.54, 1.807) is 12.1 Å². The third-order valence-electron chi connectivity index (χ3n) is 3.81. The highest BCUT2D eigenvalue weighted by atomic mass is 35.5. The maximum Gasteiger partial charge on any atom is 0.307 e. The Morgan fingerprint density at radius 1 is 1.24 bits per heavy atom. The van der Waals surface area contributed by atoms with Gasteiger partial charge in [-0.25, -0.2) is 17.4 Å². The first-order valence-electron chi connectivity index (χ1n) is 7.11. The largest absolute Gasteiger partial charge is 0.481 e. The summed E-state index contributed by atoms with van der Waals surface area (Å²) in [4.78, 5) is 15.1. The first kappa shape index (κ1) is 17.7. The Morgan fingerprint density at radius 3 is 2.64 bits per heavy atom. The van der Waals surface area contributed by atoms with E-state index in [4.69, 9.17) is 28.3 Å². The van der Waals surface area contributed by atoms with Crippen LogP contribution in [-0.2, 0) is 21.2 Å². The van der Waals surface area contributed by atoms with Crippen LogP contribution in [0.3, 0.4) is 0 Å². The highest BCUT2D eigenvalue weighted by Crippen LogP contribution is 2.34. The number of aliphatic carboxylic acids is 1. The molecule has 130 valence electrons. The van der Waals surface area contributed by atoms with Gasteiger partial charge in [0.05, 0.1) is 16.5 Å². The number of pyridine rings is 1. The lowest BCUT2D eigenvalue weighted by atomic mass is 10.1. The molecular formula is C16H12Cl2N2O4S. The van der Waals surface area contributed by atoms with Gasteiger partial charge >= 0.3 is 5.97 Å². The van der Waals surface area contributed by atoms with Crippen LogP contribution in [-0.4, -0.2) is 28.5 Å². The predicted octanol–water partition coefficient (Wildman–Crippen LogP) is 3.52. The molecule has 0 saturated heterocycles. The highest BCUT2D eigenvalue weighted by Gasteiger charge is 2.28. The van der Waals surface area contributed by atoms with Crippen molar-refractivity contribution in [1.82, 2.24) is 8.96 Å². The molecular weight excluding hydrogens is 387 g/mol. The van der Waals surface area contributed by atoms with E-state index in [1.807, 2.05) is 0 Å². The fraction of sp³-hybridized carbons (Fsp3) is 0.125. The average Bonchev–Trinajstić information content (AvgIpc) is 2.82. The summed E-state index contributed by atoms with van der Waals surface area (Å²) >= 11 is 12.0. The molecule has 0 bridgehead atoms. The van der Waals surface area contributed by atoms with Gasteiger partial charge in [0.1, 0.15) is 4.90 Å². The van der Waals surface area contributed by atoms with Gasteiger partial charge in [0, 0.05) is 17.3 Å². The zero-order valence-electron chi connectivity index (χ0n) is 12.9. The number of hydrogen-bond acceptors (Lipinski definition) is 4. The van der Waals surface area contributed by atoms with E-state index in [1.165, 1.54) is 31.3 Å². The number of carboxylic acids is 1. The summed E-state index contributed by atoms with van der Waals surface area (Å²) < 4.78 is 27.4. The number of fused-ring (bicyclic) bond motifs is 1. The molecule has 2 aromatic heterocycles. The lowest BCUT2D eigenvalue weighted by Gasteiger charge is -2.11. The van der Waals surface area contributed by atoms with Crippen LogP contribution in [0.25, 0.3) is 11.0 Å².